The number of rotatable bonds is 5. The first-order valence-corrected chi connectivity index (χ1v) is 11.4. The maximum atomic E-state index is 13.2. The molecule has 0 radical (unpaired) electrons. The summed E-state index contributed by atoms with van der Waals surface area (Å²) >= 11 is 6.52. The van der Waals surface area contributed by atoms with Gasteiger partial charge in [-0.25, -0.2) is 4.98 Å². The fourth-order valence-corrected chi connectivity index (χ4v) is 4.89. The highest BCUT2D eigenvalue weighted by Crippen LogP contribution is 2.27. The Hall–Kier alpha value is -2.72. The number of amides is 1. The van der Waals surface area contributed by atoms with Gasteiger partial charge in [0.15, 0.2) is 5.65 Å². The molecule has 1 aromatic carbocycles. The molecular formula is C23H26ClN5O4. The molecule has 0 saturated carbocycles. The minimum atomic E-state index is -1.06. The highest BCUT2D eigenvalue weighted by Gasteiger charge is 2.33. The summed E-state index contributed by atoms with van der Waals surface area (Å²) in [5.41, 5.74) is 1.08. The van der Waals surface area contributed by atoms with Crippen LogP contribution in [0.2, 0.25) is 5.15 Å². The van der Waals surface area contributed by atoms with Gasteiger partial charge in [0.05, 0.1) is 36.8 Å². The third-order valence-electron chi connectivity index (χ3n) is 6.56. The average Bonchev–Trinajstić information content (AvgIpc) is 3.19. The van der Waals surface area contributed by atoms with E-state index in [2.05, 4.69) is 10.3 Å². The van der Waals surface area contributed by atoms with E-state index in [-0.39, 0.29) is 18.1 Å². The zero-order valence-corrected chi connectivity index (χ0v) is 18.9. The number of fused-ring (bicyclic) bond motifs is 1. The SMILES string of the molecule is O=CN1CCC(O)(Cn2cnc3c(cc(Cl)n3-c3ccc(C4COCCN4)cc3)c2=O)CC1. The number of ether oxygens (including phenoxy) is 1. The van der Waals surface area contributed by atoms with Crippen LogP contribution in [0.3, 0.4) is 0 Å². The minimum Gasteiger partial charge on any atom is -0.388 e. The molecule has 4 heterocycles. The molecule has 33 heavy (non-hydrogen) atoms. The molecule has 2 aliphatic rings. The van der Waals surface area contributed by atoms with Gasteiger partial charge in [-0.2, -0.15) is 0 Å². The van der Waals surface area contributed by atoms with Gasteiger partial charge >= 0.3 is 0 Å². The van der Waals surface area contributed by atoms with Gasteiger partial charge in [0.25, 0.3) is 5.56 Å². The first-order chi connectivity index (χ1) is 16.0. The second-order valence-corrected chi connectivity index (χ2v) is 9.14. The van der Waals surface area contributed by atoms with Crippen LogP contribution in [0.25, 0.3) is 16.7 Å². The van der Waals surface area contributed by atoms with Gasteiger partial charge in [-0.05, 0) is 36.6 Å². The van der Waals surface area contributed by atoms with Crippen LogP contribution in [0.15, 0.2) is 41.5 Å². The molecule has 1 atom stereocenters. The number of hydrogen-bond donors (Lipinski definition) is 2. The van der Waals surface area contributed by atoms with Crippen molar-refractivity contribution in [2.24, 2.45) is 0 Å². The fraction of sp³-hybridized carbons (Fsp3) is 0.435. The number of likely N-dealkylation sites (tertiary alicyclic amines) is 1. The molecule has 3 aromatic rings. The summed E-state index contributed by atoms with van der Waals surface area (Å²) in [6.45, 7) is 3.22. The summed E-state index contributed by atoms with van der Waals surface area (Å²) < 4.78 is 8.71. The molecule has 2 aliphatic heterocycles. The molecule has 5 rings (SSSR count). The minimum absolute atomic E-state index is 0.120. The molecule has 0 bridgehead atoms. The maximum absolute atomic E-state index is 13.2. The lowest BCUT2D eigenvalue weighted by Gasteiger charge is -2.36. The van der Waals surface area contributed by atoms with Crippen LogP contribution in [-0.4, -0.2) is 69.0 Å². The predicted octanol–water partition coefficient (Wildman–Crippen LogP) is 1.48. The lowest BCUT2D eigenvalue weighted by molar-refractivity contribution is -0.122. The highest BCUT2D eigenvalue weighted by atomic mass is 35.5. The Kier molecular flexibility index (Phi) is 5.96. The highest BCUT2D eigenvalue weighted by molar-refractivity contribution is 6.31. The van der Waals surface area contributed by atoms with E-state index in [0.717, 1.165) is 30.8 Å². The Morgan fingerprint density at radius 2 is 2.03 bits per heavy atom. The monoisotopic (exact) mass is 471 g/mol. The predicted molar refractivity (Wildman–Crippen MR) is 124 cm³/mol. The number of nitrogens with one attached hydrogen (secondary N) is 1. The summed E-state index contributed by atoms with van der Waals surface area (Å²) in [6.07, 6.45) is 3.06. The second kappa shape index (κ2) is 8.90. The lowest BCUT2D eigenvalue weighted by atomic mass is 9.91. The van der Waals surface area contributed by atoms with Crippen molar-refractivity contribution in [1.29, 1.82) is 0 Å². The summed E-state index contributed by atoms with van der Waals surface area (Å²) in [5.74, 6) is 0. The van der Waals surface area contributed by atoms with Crippen molar-refractivity contribution in [2.75, 3.05) is 32.8 Å². The standard InChI is InChI=1S/C23H26ClN5O4/c24-20-11-18-21(29(20)17-3-1-16(2-4-17)19-12-33-10-7-25-19)26-14-28(22(18)31)13-23(32)5-8-27(15-30)9-6-23/h1-4,11,14-15,19,25,32H,5-10,12-13H2. The number of halogens is 1. The molecule has 2 saturated heterocycles. The maximum Gasteiger partial charge on any atom is 0.262 e. The van der Waals surface area contributed by atoms with Crippen LogP contribution in [-0.2, 0) is 16.1 Å². The van der Waals surface area contributed by atoms with Crippen LogP contribution in [0, 0.1) is 0 Å². The number of aliphatic hydroxyl groups is 1. The normalized spacial score (nSPS) is 20.8. The molecule has 1 unspecified atom stereocenters. The number of piperidine rings is 1. The Labute approximate surface area is 195 Å². The molecule has 2 aromatic heterocycles. The van der Waals surface area contributed by atoms with Crippen LogP contribution >= 0.6 is 11.6 Å². The fourth-order valence-electron chi connectivity index (χ4n) is 4.60. The van der Waals surface area contributed by atoms with Gasteiger partial charge in [-0.3, -0.25) is 18.7 Å². The van der Waals surface area contributed by atoms with Crippen molar-refractivity contribution in [3.05, 3.63) is 57.7 Å². The molecule has 2 N–H and O–H groups in total. The Bertz CT molecular complexity index is 1210. The number of benzene rings is 1. The summed E-state index contributed by atoms with van der Waals surface area (Å²) in [7, 11) is 0. The molecule has 0 aliphatic carbocycles. The number of nitrogens with zero attached hydrogens (tertiary/aromatic N) is 4. The third-order valence-corrected chi connectivity index (χ3v) is 6.84. The van der Waals surface area contributed by atoms with E-state index in [1.165, 1.54) is 10.9 Å². The Balaban J connectivity index is 1.42. The quantitative estimate of drug-likeness (QED) is 0.547. The second-order valence-electron chi connectivity index (χ2n) is 8.76. The van der Waals surface area contributed by atoms with Gasteiger partial charge < -0.3 is 20.1 Å². The zero-order chi connectivity index (χ0) is 23.0. The van der Waals surface area contributed by atoms with Crippen LogP contribution in [0.4, 0.5) is 0 Å². The number of carbonyl (C=O) groups excluding carboxylic acids is 1. The van der Waals surface area contributed by atoms with Crippen LogP contribution in [0.1, 0.15) is 24.4 Å². The van der Waals surface area contributed by atoms with E-state index in [1.54, 1.807) is 15.5 Å². The topological polar surface area (TPSA) is 102 Å². The third kappa shape index (κ3) is 4.29. The smallest absolute Gasteiger partial charge is 0.262 e. The molecule has 10 heteroatoms. The van der Waals surface area contributed by atoms with Crippen molar-refractivity contribution >= 4 is 29.0 Å². The Morgan fingerprint density at radius 3 is 2.70 bits per heavy atom. The van der Waals surface area contributed by atoms with E-state index >= 15 is 0 Å². The van der Waals surface area contributed by atoms with Crippen LogP contribution < -0.4 is 10.9 Å². The number of aromatic nitrogens is 3. The summed E-state index contributed by atoms with van der Waals surface area (Å²) in [6, 6.07) is 9.71. The van der Waals surface area contributed by atoms with E-state index in [1.807, 2.05) is 24.3 Å². The van der Waals surface area contributed by atoms with Crippen molar-refractivity contribution < 1.29 is 14.6 Å². The molecule has 2 fully saturated rings. The first-order valence-electron chi connectivity index (χ1n) is 11.1. The Morgan fingerprint density at radius 1 is 1.27 bits per heavy atom. The van der Waals surface area contributed by atoms with Gasteiger partial charge in [0.2, 0.25) is 6.41 Å². The van der Waals surface area contributed by atoms with E-state index < -0.39 is 5.60 Å². The van der Waals surface area contributed by atoms with Gasteiger partial charge in [-0.1, -0.05) is 23.7 Å². The van der Waals surface area contributed by atoms with E-state index in [0.29, 0.717) is 48.7 Å². The van der Waals surface area contributed by atoms with Gasteiger partial charge in [-0.15, -0.1) is 0 Å². The van der Waals surface area contributed by atoms with Crippen molar-refractivity contribution in [3.8, 4) is 5.69 Å². The molecule has 174 valence electrons. The summed E-state index contributed by atoms with van der Waals surface area (Å²) in [5, 5.41) is 15.1. The molecular weight excluding hydrogens is 446 g/mol. The van der Waals surface area contributed by atoms with E-state index in [9.17, 15) is 14.7 Å². The summed E-state index contributed by atoms with van der Waals surface area (Å²) in [4.78, 5) is 30.2. The van der Waals surface area contributed by atoms with Crippen molar-refractivity contribution in [2.45, 2.75) is 31.0 Å². The number of hydrogen-bond acceptors (Lipinski definition) is 6. The van der Waals surface area contributed by atoms with E-state index in [4.69, 9.17) is 16.3 Å². The lowest BCUT2D eigenvalue weighted by Crippen LogP contribution is -2.47. The molecule has 1 amide bonds. The van der Waals surface area contributed by atoms with Crippen molar-refractivity contribution in [3.63, 3.8) is 0 Å². The van der Waals surface area contributed by atoms with Gasteiger partial charge in [0.1, 0.15) is 11.5 Å². The zero-order valence-electron chi connectivity index (χ0n) is 18.1. The van der Waals surface area contributed by atoms with Gasteiger partial charge in [0, 0.05) is 25.3 Å². The molecule has 0 spiro atoms. The first kappa shape index (κ1) is 22.1. The van der Waals surface area contributed by atoms with Crippen molar-refractivity contribution in [1.82, 2.24) is 24.3 Å². The average molecular weight is 472 g/mol. The molecule has 9 nitrogen and oxygen atoms in total. The number of carbonyl (C=O) groups is 1. The largest absolute Gasteiger partial charge is 0.388 e. The number of morpholine rings is 1. The van der Waals surface area contributed by atoms with Crippen LogP contribution in [0.5, 0.6) is 0 Å².